The first kappa shape index (κ1) is 17.3. The predicted molar refractivity (Wildman–Crippen MR) is 99.0 cm³/mol. The number of nitrogens with one attached hydrogen (secondary N) is 1. The van der Waals surface area contributed by atoms with E-state index in [0.29, 0.717) is 17.6 Å². The molecule has 0 saturated heterocycles. The highest BCUT2D eigenvalue weighted by atomic mass is 32.2. The van der Waals surface area contributed by atoms with Crippen molar-refractivity contribution in [2.45, 2.75) is 23.8 Å². The lowest BCUT2D eigenvalue weighted by atomic mass is 10.1. The van der Waals surface area contributed by atoms with E-state index in [9.17, 15) is 13.2 Å². The summed E-state index contributed by atoms with van der Waals surface area (Å²) in [5.74, 6) is 0.153. The van der Waals surface area contributed by atoms with Crippen molar-refractivity contribution in [1.82, 2.24) is 20.2 Å². The molecule has 0 radical (unpaired) electrons. The molecule has 0 spiro atoms. The van der Waals surface area contributed by atoms with Crippen LogP contribution in [0.2, 0.25) is 0 Å². The highest BCUT2D eigenvalue weighted by Gasteiger charge is 2.28. The largest absolute Gasteiger partial charge is 0.322 e. The van der Waals surface area contributed by atoms with Crippen LogP contribution >= 0.6 is 0 Å². The number of carbonyl (C=O) groups excluding carboxylic acids is 1. The number of tetrazole rings is 1. The Labute approximate surface area is 156 Å². The summed E-state index contributed by atoms with van der Waals surface area (Å²) in [6.45, 7) is 0. The Balaban J connectivity index is 1.63. The van der Waals surface area contributed by atoms with Crippen LogP contribution in [0.3, 0.4) is 0 Å². The minimum Gasteiger partial charge on any atom is -0.322 e. The molecule has 1 aliphatic rings. The normalized spacial score (nSPS) is 14.1. The second kappa shape index (κ2) is 6.58. The number of hydrogen-bond acceptors (Lipinski definition) is 6. The molecular formula is C18H17N5O3S. The monoisotopic (exact) mass is 383 g/mol. The molecule has 1 saturated carbocycles. The highest BCUT2D eigenvalue weighted by Crippen LogP contribution is 2.36. The van der Waals surface area contributed by atoms with Gasteiger partial charge in [0, 0.05) is 17.5 Å². The van der Waals surface area contributed by atoms with Gasteiger partial charge in [0.2, 0.25) is 0 Å². The number of anilines is 1. The maximum absolute atomic E-state index is 12.6. The summed E-state index contributed by atoms with van der Waals surface area (Å²) in [5.41, 5.74) is 1.42. The van der Waals surface area contributed by atoms with E-state index < -0.39 is 15.7 Å². The Bertz CT molecular complexity index is 1120. The Morgan fingerprint density at radius 2 is 1.93 bits per heavy atom. The average molecular weight is 383 g/mol. The first-order chi connectivity index (χ1) is 12.9. The predicted octanol–water partition coefficient (Wildman–Crippen LogP) is 2.33. The molecule has 1 fully saturated rings. The van der Waals surface area contributed by atoms with E-state index in [4.69, 9.17) is 0 Å². The Morgan fingerprint density at radius 3 is 2.67 bits per heavy atom. The standard InChI is InChI=1S/C18H17N5O3S/c1-27(25,26)16-8-3-2-7-15(16)18(24)19-13-6-4-5-12(11-13)17-20-21-22-23(17)14-9-10-14/h2-8,11,14H,9-10H2,1H3,(H,19,24). The number of sulfone groups is 1. The molecule has 1 N–H and O–H groups in total. The van der Waals surface area contributed by atoms with Gasteiger partial charge in [-0.15, -0.1) is 5.10 Å². The highest BCUT2D eigenvalue weighted by molar-refractivity contribution is 7.90. The summed E-state index contributed by atoms with van der Waals surface area (Å²) < 4.78 is 25.6. The van der Waals surface area contributed by atoms with Gasteiger partial charge in [-0.3, -0.25) is 4.79 Å². The molecule has 138 valence electrons. The summed E-state index contributed by atoms with van der Waals surface area (Å²) >= 11 is 0. The van der Waals surface area contributed by atoms with Gasteiger partial charge in [-0.05, 0) is 47.5 Å². The van der Waals surface area contributed by atoms with Crippen molar-refractivity contribution in [2.75, 3.05) is 11.6 Å². The van der Waals surface area contributed by atoms with E-state index in [2.05, 4.69) is 20.8 Å². The van der Waals surface area contributed by atoms with Gasteiger partial charge in [-0.1, -0.05) is 24.3 Å². The van der Waals surface area contributed by atoms with Crippen molar-refractivity contribution in [3.05, 3.63) is 54.1 Å². The number of benzene rings is 2. The molecule has 1 amide bonds. The second-order valence-corrected chi connectivity index (χ2v) is 8.47. The second-order valence-electron chi connectivity index (χ2n) is 6.48. The molecule has 0 bridgehead atoms. The number of aromatic nitrogens is 4. The maximum atomic E-state index is 12.6. The summed E-state index contributed by atoms with van der Waals surface area (Å²) in [6.07, 6.45) is 3.19. The molecule has 0 unspecified atom stereocenters. The smallest absolute Gasteiger partial charge is 0.256 e. The summed E-state index contributed by atoms with van der Waals surface area (Å²) in [4.78, 5) is 12.6. The number of carbonyl (C=O) groups is 1. The van der Waals surface area contributed by atoms with Gasteiger partial charge in [-0.2, -0.15) is 0 Å². The van der Waals surface area contributed by atoms with Crippen LogP contribution in [0.5, 0.6) is 0 Å². The molecule has 1 heterocycles. The van der Waals surface area contributed by atoms with Crippen LogP contribution in [0.1, 0.15) is 29.2 Å². The van der Waals surface area contributed by atoms with Crippen molar-refractivity contribution >= 4 is 21.4 Å². The van der Waals surface area contributed by atoms with Gasteiger partial charge in [0.1, 0.15) is 0 Å². The van der Waals surface area contributed by atoms with E-state index in [1.54, 1.807) is 35.0 Å². The maximum Gasteiger partial charge on any atom is 0.256 e. The van der Waals surface area contributed by atoms with Crippen LogP contribution in [0.15, 0.2) is 53.4 Å². The van der Waals surface area contributed by atoms with E-state index in [1.165, 1.54) is 12.1 Å². The van der Waals surface area contributed by atoms with Crippen LogP contribution in [0, 0.1) is 0 Å². The third-order valence-electron chi connectivity index (χ3n) is 4.30. The van der Waals surface area contributed by atoms with Gasteiger partial charge in [0.05, 0.1) is 16.5 Å². The fourth-order valence-electron chi connectivity index (χ4n) is 2.86. The molecular weight excluding hydrogens is 366 g/mol. The lowest BCUT2D eigenvalue weighted by Gasteiger charge is -2.10. The fourth-order valence-corrected chi connectivity index (χ4v) is 3.75. The summed E-state index contributed by atoms with van der Waals surface area (Å²) in [7, 11) is -3.51. The van der Waals surface area contributed by atoms with Gasteiger partial charge in [-0.25, -0.2) is 13.1 Å². The summed E-state index contributed by atoms with van der Waals surface area (Å²) in [5, 5.41) is 14.6. The lowest BCUT2D eigenvalue weighted by Crippen LogP contribution is -2.16. The van der Waals surface area contributed by atoms with Gasteiger partial charge in [0.15, 0.2) is 15.7 Å². The van der Waals surface area contributed by atoms with E-state index in [1.807, 2.05) is 6.07 Å². The number of amides is 1. The molecule has 0 atom stereocenters. The zero-order chi connectivity index (χ0) is 19.0. The SMILES string of the molecule is CS(=O)(=O)c1ccccc1C(=O)Nc1cccc(-c2nnnn2C2CC2)c1. The molecule has 9 heteroatoms. The van der Waals surface area contributed by atoms with Crippen molar-refractivity contribution < 1.29 is 13.2 Å². The quantitative estimate of drug-likeness (QED) is 0.725. The van der Waals surface area contributed by atoms with E-state index in [0.717, 1.165) is 24.7 Å². The first-order valence-corrected chi connectivity index (χ1v) is 10.3. The third kappa shape index (κ3) is 3.59. The Morgan fingerprint density at radius 1 is 1.15 bits per heavy atom. The van der Waals surface area contributed by atoms with E-state index in [-0.39, 0.29) is 10.5 Å². The average Bonchev–Trinajstić information content (AvgIpc) is 3.37. The minimum absolute atomic E-state index is 0.00340. The summed E-state index contributed by atoms with van der Waals surface area (Å²) in [6, 6.07) is 13.6. The molecule has 8 nitrogen and oxygen atoms in total. The Hall–Kier alpha value is -3.07. The van der Waals surface area contributed by atoms with Gasteiger partial charge in [0.25, 0.3) is 5.91 Å². The fraction of sp³-hybridized carbons (Fsp3) is 0.222. The van der Waals surface area contributed by atoms with Crippen molar-refractivity contribution in [3.63, 3.8) is 0 Å². The number of hydrogen-bond donors (Lipinski definition) is 1. The zero-order valence-corrected chi connectivity index (χ0v) is 15.3. The zero-order valence-electron chi connectivity index (χ0n) is 14.5. The first-order valence-electron chi connectivity index (χ1n) is 8.42. The van der Waals surface area contributed by atoms with Gasteiger partial charge < -0.3 is 5.32 Å². The molecule has 2 aromatic carbocycles. The van der Waals surface area contributed by atoms with Crippen LogP contribution in [0.4, 0.5) is 5.69 Å². The number of nitrogens with zero attached hydrogens (tertiary/aromatic N) is 4. The van der Waals surface area contributed by atoms with Crippen molar-refractivity contribution in [3.8, 4) is 11.4 Å². The van der Waals surface area contributed by atoms with Crippen LogP contribution in [-0.4, -0.2) is 40.8 Å². The molecule has 27 heavy (non-hydrogen) atoms. The molecule has 1 aromatic heterocycles. The van der Waals surface area contributed by atoms with Crippen LogP contribution < -0.4 is 5.32 Å². The molecule has 3 aromatic rings. The van der Waals surface area contributed by atoms with Crippen LogP contribution in [-0.2, 0) is 9.84 Å². The molecule has 4 rings (SSSR count). The third-order valence-corrected chi connectivity index (χ3v) is 5.45. The topological polar surface area (TPSA) is 107 Å². The molecule has 0 aliphatic heterocycles. The van der Waals surface area contributed by atoms with Crippen LogP contribution in [0.25, 0.3) is 11.4 Å². The van der Waals surface area contributed by atoms with Gasteiger partial charge >= 0.3 is 0 Å². The Kier molecular flexibility index (Phi) is 4.23. The van der Waals surface area contributed by atoms with Crippen molar-refractivity contribution in [2.24, 2.45) is 0 Å². The lowest BCUT2D eigenvalue weighted by molar-refractivity contribution is 0.102. The number of rotatable bonds is 5. The van der Waals surface area contributed by atoms with Crippen molar-refractivity contribution in [1.29, 1.82) is 0 Å². The van der Waals surface area contributed by atoms with E-state index >= 15 is 0 Å². The minimum atomic E-state index is -3.51. The molecule has 1 aliphatic carbocycles.